The molecule has 1 aliphatic heterocycles. The van der Waals surface area contributed by atoms with Crippen LogP contribution in [0.4, 0.5) is 22.0 Å². The van der Waals surface area contributed by atoms with E-state index in [1.807, 2.05) is 0 Å². The monoisotopic (exact) mass is 470 g/mol. The number of aryl methyl sites for hydroxylation is 1. The number of rotatable bonds is 5. The number of piperidine rings is 1. The summed E-state index contributed by atoms with van der Waals surface area (Å²) >= 11 is 0. The lowest BCUT2D eigenvalue weighted by atomic mass is 10.0. The number of hydrogen-bond donors (Lipinski definition) is 2. The molecule has 3 aromatic rings. The second kappa shape index (κ2) is 8.58. The molecule has 1 saturated heterocycles. The van der Waals surface area contributed by atoms with Crippen LogP contribution in [0, 0.1) is 6.92 Å². The summed E-state index contributed by atoms with van der Waals surface area (Å²) in [4.78, 5) is 20.2. The van der Waals surface area contributed by atoms with Crippen LogP contribution in [0.15, 0.2) is 35.0 Å². The zero-order chi connectivity index (χ0) is 23.8. The predicted octanol–water partition coefficient (Wildman–Crippen LogP) is 3.86. The van der Waals surface area contributed by atoms with Gasteiger partial charge in [-0.25, -0.2) is 13.8 Å². The highest BCUT2D eigenvalue weighted by molar-refractivity contribution is 6.07. The molecular formula is C21H19F5N4O3. The Hall–Kier alpha value is -3.28. The largest absolute Gasteiger partial charge is 0.473 e. The van der Waals surface area contributed by atoms with Crippen LogP contribution in [0.2, 0.25) is 0 Å². The van der Waals surface area contributed by atoms with E-state index in [9.17, 15) is 26.7 Å². The topological polar surface area (TPSA) is 89.3 Å². The minimum Gasteiger partial charge on any atom is -0.473 e. The van der Waals surface area contributed by atoms with Gasteiger partial charge in [0.15, 0.2) is 11.3 Å². The molecule has 3 aromatic heterocycles. The van der Waals surface area contributed by atoms with Crippen LogP contribution < -0.4 is 15.4 Å². The van der Waals surface area contributed by atoms with Crippen LogP contribution in [-0.4, -0.2) is 40.9 Å². The first-order valence-electron chi connectivity index (χ1n) is 9.98. The molecule has 4 heterocycles. The molecule has 0 aromatic carbocycles. The Balaban J connectivity index is 1.57. The molecule has 1 amide bonds. The number of carbonyl (C=O) groups excluding carboxylic acids is 1. The quantitative estimate of drug-likeness (QED) is 0.551. The van der Waals surface area contributed by atoms with Crippen molar-refractivity contribution in [2.45, 2.75) is 38.1 Å². The van der Waals surface area contributed by atoms with Gasteiger partial charge in [-0.1, -0.05) is 6.07 Å². The number of fused-ring (bicyclic) bond motifs is 1. The maximum atomic E-state index is 14.1. The average Bonchev–Trinajstić information content (AvgIpc) is 3.08. The lowest BCUT2D eigenvalue weighted by Gasteiger charge is -2.32. The number of nitrogens with one attached hydrogen (secondary N) is 2. The number of hydrogen-bond acceptors (Lipinski definition) is 6. The highest BCUT2D eigenvalue weighted by Gasteiger charge is 2.43. The lowest BCUT2D eigenvalue weighted by Crippen LogP contribution is -2.57. The van der Waals surface area contributed by atoms with E-state index in [1.54, 1.807) is 0 Å². The molecule has 176 valence electrons. The Kier molecular flexibility index (Phi) is 5.95. The number of aromatic nitrogens is 2. The SMILES string of the molecule is Cc1oc2cnc(OCc3cccnc3C(F)(F)F)cc2c1C(=O)N[C@@H]1CCNCC1(F)F. The first-order chi connectivity index (χ1) is 15.6. The zero-order valence-electron chi connectivity index (χ0n) is 17.3. The molecule has 1 atom stereocenters. The highest BCUT2D eigenvalue weighted by Crippen LogP contribution is 2.32. The summed E-state index contributed by atoms with van der Waals surface area (Å²) in [5.74, 6) is -3.75. The van der Waals surface area contributed by atoms with E-state index >= 15 is 0 Å². The van der Waals surface area contributed by atoms with Gasteiger partial charge in [-0.2, -0.15) is 13.2 Å². The van der Waals surface area contributed by atoms with Crippen molar-refractivity contribution in [3.63, 3.8) is 0 Å². The second-order valence-corrected chi connectivity index (χ2v) is 7.60. The molecule has 0 unspecified atom stereocenters. The minimum atomic E-state index is -4.65. The van der Waals surface area contributed by atoms with Crippen LogP contribution in [0.5, 0.6) is 5.88 Å². The number of furan rings is 1. The lowest BCUT2D eigenvalue weighted by molar-refractivity contribution is -0.142. The van der Waals surface area contributed by atoms with E-state index in [2.05, 4.69) is 20.6 Å². The summed E-state index contributed by atoms with van der Waals surface area (Å²) in [5, 5.41) is 5.19. The van der Waals surface area contributed by atoms with E-state index in [0.29, 0.717) is 6.54 Å². The summed E-state index contributed by atoms with van der Waals surface area (Å²) < 4.78 is 78.5. The number of amides is 1. The molecular weight excluding hydrogens is 451 g/mol. The molecule has 0 bridgehead atoms. The van der Waals surface area contributed by atoms with Gasteiger partial charge in [0.05, 0.1) is 24.3 Å². The molecule has 1 fully saturated rings. The molecule has 33 heavy (non-hydrogen) atoms. The van der Waals surface area contributed by atoms with Crippen molar-refractivity contribution in [2.75, 3.05) is 13.1 Å². The third kappa shape index (κ3) is 4.75. The molecule has 2 N–H and O–H groups in total. The van der Waals surface area contributed by atoms with Gasteiger partial charge >= 0.3 is 6.18 Å². The van der Waals surface area contributed by atoms with Crippen molar-refractivity contribution in [1.29, 1.82) is 0 Å². The predicted molar refractivity (Wildman–Crippen MR) is 106 cm³/mol. The summed E-state index contributed by atoms with van der Waals surface area (Å²) in [6, 6.07) is 2.56. The van der Waals surface area contributed by atoms with Crippen LogP contribution in [0.3, 0.4) is 0 Å². The maximum Gasteiger partial charge on any atom is 0.433 e. The zero-order valence-corrected chi connectivity index (χ0v) is 17.3. The number of nitrogens with zero attached hydrogens (tertiary/aromatic N) is 2. The Morgan fingerprint density at radius 3 is 2.88 bits per heavy atom. The van der Waals surface area contributed by atoms with Crippen molar-refractivity contribution in [3.05, 3.63) is 53.2 Å². The Labute approximate surface area is 184 Å². The van der Waals surface area contributed by atoms with Crippen molar-refractivity contribution in [2.24, 2.45) is 0 Å². The fourth-order valence-corrected chi connectivity index (χ4v) is 3.67. The molecule has 0 spiro atoms. The van der Waals surface area contributed by atoms with Crippen LogP contribution >= 0.6 is 0 Å². The third-order valence-corrected chi connectivity index (χ3v) is 5.27. The Morgan fingerprint density at radius 2 is 2.15 bits per heavy atom. The van der Waals surface area contributed by atoms with Gasteiger partial charge in [0.1, 0.15) is 12.4 Å². The summed E-state index contributed by atoms with van der Waals surface area (Å²) in [5.41, 5.74) is -1.03. The van der Waals surface area contributed by atoms with Gasteiger partial charge in [0.2, 0.25) is 5.88 Å². The van der Waals surface area contributed by atoms with Gasteiger partial charge in [0.25, 0.3) is 11.8 Å². The van der Waals surface area contributed by atoms with Gasteiger partial charge in [0, 0.05) is 23.2 Å². The molecule has 0 radical (unpaired) electrons. The van der Waals surface area contributed by atoms with Crippen molar-refractivity contribution >= 4 is 16.9 Å². The molecule has 1 aliphatic rings. The smallest absolute Gasteiger partial charge is 0.433 e. The van der Waals surface area contributed by atoms with E-state index in [-0.39, 0.29) is 40.2 Å². The standard InChI is InChI=1S/C21H19F5N4O3/c1-11-17(19(31)30-15-4-6-27-10-20(15,22)23)13-7-16(29-8-14(13)33-11)32-9-12-3-2-5-28-18(12)21(24,25)26/h2-3,5,7-8,15,27H,4,6,9-10H2,1H3,(H,30,31)/t15-/m1/s1. The number of carbonyl (C=O) groups is 1. The fraction of sp³-hybridized carbons (Fsp3) is 0.381. The first kappa shape index (κ1) is 22.9. The minimum absolute atomic E-state index is 0.0314. The van der Waals surface area contributed by atoms with E-state index in [1.165, 1.54) is 31.3 Å². The highest BCUT2D eigenvalue weighted by atomic mass is 19.4. The van der Waals surface area contributed by atoms with E-state index in [0.717, 1.165) is 6.20 Å². The Morgan fingerprint density at radius 1 is 1.36 bits per heavy atom. The van der Waals surface area contributed by atoms with E-state index in [4.69, 9.17) is 9.15 Å². The first-order valence-corrected chi connectivity index (χ1v) is 9.98. The van der Waals surface area contributed by atoms with Crippen LogP contribution in [-0.2, 0) is 12.8 Å². The average molecular weight is 470 g/mol. The number of ether oxygens (including phenoxy) is 1. The number of pyridine rings is 2. The van der Waals surface area contributed by atoms with E-state index < -0.39 is 42.9 Å². The molecule has 12 heteroatoms. The molecule has 7 nitrogen and oxygen atoms in total. The van der Waals surface area contributed by atoms with Crippen LogP contribution in [0.25, 0.3) is 11.0 Å². The van der Waals surface area contributed by atoms with Crippen molar-refractivity contribution in [1.82, 2.24) is 20.6 Å². The van der Waals surface area contributed by atoms with Crippen molar-refractivity contribution < 1.29 is 35.9 Å². The fourth-order valence-electron chi connectivity index (χ4n) is 3.67. The van der Waals surface area contributed by atoms with Gasteiger partial charge in [-0.3, -0.25) is 9.78 Å². The maximum absolute atomic E-state index is 14.1. The van der Waals surface area contributed by atoms with Gasteiger partial charge in [-0.15, -0.1) is 0 Å². The van der Waals surface area contributed by atoms with Gasteiger partial charge < -0.3 is 19.8 Å². The third-order valence-electron chi connectivity index (χ3n) is 5.27. The summed E-state index contributed by atoms with van der Waals surface area (Å²) in [6.07, 6.45) is -2.32. The Bertz CT molecular complexity index is 1180. The number of alkyl halides is 5. The second-order valence-electron chi connectivity index (χ2n) is 7.60. The molecule has 4 rings (SSSR count). The summed E-state index contributed by atoms with van der Waals surface area (Å²) in [7, 11) is 0. The van der Waals surface area contributed by atoms with Gasteiger partial charge in [-0.05, 0) is 26.0 Å². The van der Waals surface area contributed by atoms with Crippen molar-refractivity contribution in [3.8, 4) is 5.88 Å². The molecule has 0 saturated carbocycles. The normalized spacial score (nSPS) is 18.3. The molecule has 0 aliphatic carbocycles. The summed E-state index contributed by atoms with van der Waals surface area (Å²) in [6.45, 7) is 0.823. The van der Waals surface area contributed by atoms with Crippen LogP contribution in [0.1, 0.15) is 33.8 Å². The number of halogens is 5.